The van der Waals surface area contributed by atoms with Crippen LogP contribution < -0.4 is 9.96 Å². The van der Waals surface area contributed by atoms with Gasteiger partial charge in [0.1, 0.15) is 6.54 Å². The third-order valence-electron chi connectivity index (χ3n) is 4.03. The topological polar surface area (TPSA) is 46.3 Å². The first kappa shape index (κ1) is 15.9. The molecular weight excluding hydrogens is 356 g/mol. The standard InChI is InChI=1S/C19H13ClN2O2S/c20-15-10-9-14(25-15)12-22-16-8-4-5-11-21(16)18(23)17(19(22)24)13-6-2-1-3-7-13/h1-11H,12H2/p+1. The Hall–Kier alpha value is -2.63. The van der Waals surface area contributed by atoms with E-state index in [1.807, 2.05) is 54.6 Å². The number of aromatic hydroxyl groups is 1. The Labute approximate surface area is 152 Å². The van der Waals surface area contributed by atoms with E-state index in [2.05, 4.69) is 0 Å². The van der Waals surface area contributed by atoms with Crippen LogP contribution in [0.4, 0.5) is 0 Å². The molecule has 124 valence electrons. The van der Waals surface area contributed by atoms with E-state index in [4.69, 9.17) is 11.6 Å². The maximum atomic E-state index is 12.9. The zero-order chi connectivity index (χ0) is 17.4. The third kappa shape index (κ3) is 2.81. The zero-order valence-electron chi connectivity index (χ0n) is 13.1. The molecule has 4 rings (SSSR count). The van der Waals surface area contributed by atoms with Crippen LogP contribution in [0.1, 0.15) is 4.88 Å². The Balaban J connectivity index is 2.02. The largest absolute Gasteiger partial charge is 0.477 e. The van der Waals surface area contributed by atoms with Crippen LogP contribution in [0.3, 0.4) is 0 Å². The van der Waals surface area contributed by atoms with Gasteiger partial charge in [0.05, 0.1) is 10.5 Å². The van der Waals surface area contributed by atoms with Gasteiger partial charge in [0.15, 0.2) is 5.56 Å². The van der Waals surface area contributed by atoms with Gasteiger partial charge in [-0.05, 0) is 23.8 Å². The van der Waals surface area contributed by atoms with E-state index in [0.717, 1.165) is 4.88 Å². The average Bonchev–Trinajstić information content (AvgIpc) is 3.05. The molecule has 0 spiro atoms. The smallest absolute Gasteiger partial charge is 0.354 e. The number of pyridine rings is 1. The minimum atomic E-state index is -0.250. The second kappa shape index (κ2) is 6.35. The lowest BCUT2D eigenvalue weighted by Crippen LogP contribution is -2.43. The second-order valence-corrected chi connectivity index (χ2v) is 7.39. The van der Waals surface area contributed by atoms with Crippen LogP contribution in [0.5, 0.6) is 5.88 Å². The fourth-order valence-corrected chi connectivity index (χ4v) is 3.97. The van der Waals surface area contributed by atoms with Gasteiger partial charge < -0.3 is 5.11 Å². The number of hydrogen-bond donors (Lipinski definition) is 1. The van der Waals surface area contributed by atoms with Crippen molar-refractivity contribution in [2.45, 2.75) is 6.54 Å². The Morgan fingerprint density at radius 2 is 1.80 bits per heavy atom. The van der Waals surface area contributed by atoms with Crippen molar-refractivity contribution >= 4 is 28.6 Å². The predicted octanol–water partition coefficient (Wildman–Crippen LogP) is 3.72. The van der Waals surface area contributed by atoms with Crippen LogP contribution in [0.25, 0.3) is 16.8 Å². The minimum Gasteiger partial charge on any atom is -0.477 e. The van der Waals surface area contributed by atoms with Gasteiger partial charge in [-0.3, -0.25) is 0 Å². The monoisotopic (exact) mass is 369 g/mol. The first-order chi connectivity index (χ1) is 12.1. The summed E-state index contributed by atoms with van der Waals surface area (Å²) < 4.78 is 3.97. The number of halogens is 1. The van der Waals surface area contributed by atoms with Gasteiger partial charge in [0, 0.05) is 10.9 Å². The van der Waals surface area contributed by atoms with Crippen molar-refractivity contribution in [2.24, 2.45) is 0 Å². The molecule has 0 atom stereocenters. The van der Waals surface area contributed by atoms with Gasteiger partial charge >= 0.3 is 5.56 Å². The SMILES string of the molecule is O=c1c(-c2ccccc2)c(O)n(Cc2ccc(Cl)s2)c2cccc[n+]12. The number of fused-ring (bicyclic) bond motifs is 1. The van der Waals surface area contributed by atoms with Crippen molar-refractivity contribution in [3.63, 3.8) is 0 Å². The molecule has 0 bridgehead atoms. The average molecular weight is 370 g/mol. The van der Waals surface area contributed by atoms with Crippen molar-refractivity contribution in [3.05, 3.63) is 86.4 Å². The molecule has 3 aromatic heterocycles. The van der Waals surface area contributed by atoms with Crippen LogP contribution in [0.2, 0.25) is 4.34 Å². The number of rotatable bonds is 3. The molecule has 0 amide bonds. The number of hydrogen-bond acceptors (Lipinski definition) is 3. The Kier molecular flexibility index (Phi) is 4.03. The molecule has 4 aromatic rings. The molecular formula is C19H14ClN2O2S+. The minimum absolute atomic E-state index is 0.0491. The molecule has 0 aliphatic heterocycles. The molecule has 3 heterocycles. The van der Waals surface area contributed by atoms with Gasteiger partial charge in [0.25, 0.3) is 11.5 Å². The summed E-state index contributed by atoms with van der Waals surface area (Å²) in [7, 11) is 0. The Morgan fingerprint density at radius 1 is 1.04 bits per heavy atom. The Bertz CT molecular complexity index is 1120. The summed E-state index contributed by atoms with van der Waals surface area (Å²) in [4.78, 5) is 13.9. The number of nitrogens with zero attached hydrogens (tertiary/aromatic N) is 2. The van der Waals surface area contributed by atoms with E-state index in [9.17, 15) is 9.90 Å². The molecule has 0 saturated carbocycles. The van der Waals surface area contributed by atoms with Crippen molar-refractivity contribution < 1.29 is 9.51 Å². The maximum absolute atomic E-state index is 12.9. The highest BCUT2D eigenvalue weighted by molar-refractivity contribution is 7.16. The highest BCUT2D eigenvalue weighted by Gasteiger charge is 2.25. The Morgan fingerprint density at radius 3 is 2.52 bits per heavy atom. The molecule has 0 unspecified atom stereocenters. The van der Waals surface area contributed by atoms with Gasteiger partial charge in [0.2, 0.25) is 0 Å². The first-order valence-electron chi connectivity index (χ1n) is 7.71. The quantitative estimate of drug-likeness (QED) is 0.559. The summed E-state index contributed by atoms with van der Waals surface area (Å²) in [6.07, 6.45) is 1.71. The lowest BCUT2D eigenvalue weighted by Gasteiger charge is -2.09. The van der Waals surface area contributed by atoms with Crippen LogP contribution >= 0.6 is 22.9 Å². The highest BCUT2D eigenvalue weighted by atomic mass is 35.5. The van der Waals surface area contributed by atoms with Crippen LogP contribution in [-0.4, -0.2) is 9.67 Å². The highest BCUT2D eigenvalue weighted by Crippen LogP contribution is 2.28. The fourth-order valence-electron chi connectivity index (χ4n) is 2.89. The van der Waals surface area contributed by atoms with Crippen LogP contribution in [-0.2, 0) is 6.54 Å². The van der Waals surface area contributed by atoms with Gasteiger partial charge in [-0.25, -0.2) is 4.79 Å². The molecule has 1 N–H and O–H groups in total. The lowest BCUT2D eigenvalue weighted by atomic mass is 10.1. The van der Waals surface area contributed by atoms with Crippen molar-refractivity contribution in [1.29, 1.82) is 0 Å². The van der Waals surface area contributed by atoms with Crippen molar-refractivity contribution in [2.75, 3.05) is 0 Å². The van der Waals surface area contributed by atoms with Gasteiger partial charge in [-0.2, -0.15) is 8.97 Å². The first-order valence-corrected chi connectivity index (χ1v) is 8.90. The normalized spacial score (nSPS) is 11.1. The van der Waals surface area contributed by atoms with Crippen LogP contribution in [0.15, 0.2) is 71.7 Å². The molecule has 6 heteroatoms. The summed E-state index contributed by atoms with van der Waals surface area (Å²) in [5.41, 5.74) is 1.34. The number of benzene rings is 1. The molecule has 0 aliphatic carbocycles. The van der Waals surface area contributed by atoms with Crippen molar-refractivity contribution in [3.8, 4) is 17.0 Å². The molecule has 0 aliphatic rings. The summed E-state index contributed by atoms with van der Waals surface area (Å²) in [5, 5.41) is 10.9. The molecule has 0 radical (unpaired) electrons. The fraction of sp³-hybridized carbons (Fsp3) is 0.0526. The predicted molar refractivity (Wildman–Crippen MR) is 99.4 cm³/mol. The summed E-state index contributed by atoms with van der Waals surface area (Å²) in [6.45, 7) is 0.427. The molecule has 0 saturated heterocycles. The summed E-state index contributed by atoms with van der Waals surface area (Å²) in [5.74, 6) is -0.0491. The van der Waals surface area contributed by atoms with E-state index in [-0.39, 0.29) is 17.0 Å². The van der Waals surface area contributed by atoms with E-state index in [0.29, 0.717) is 22.1 Å². The number of aromatic nitrogens is 2. The van der Waals surface area contributed by atoms with E-state index < -0.39 is 0 Å². The maximum Gasteiger partial charge on any atom is 0.354 e. The lowest BCUT2D eigenvalue weighted by molar-refractivity contribution is -0.532. The summed E-state index contributed by atoms with van der Waals surface area (Å²) in [6, 6.07) is 18.4. The van der Waals surface area contributed by atoms with Gasteiger partial charge in [-0.15, -0.1) is 11.3 Å². The number of thiophene rings is 1. The third-order valence-corrected chi connectivity index (χ3v) is 5.25. The molecule has 0 fully saturated rings. The molecule has 1 aromatic carbocycles. The zero-order valence-corrected chi connectivity index (χ0v) is 14.7. The van der Waals surface area contributed by atoms with E-state index >= 15 is 0 Å². The van der Waals surface area contributed by atoms with E-state index in [1.54, 1.807) is 21.2 Å². The second-order valence-electron chi connectivity index (χ2n) is 5.59. The van der Waals surface area contributed by atoms with Crippen LogP contribution in [0, 0.1) is 0 Å². The molecule has 25 heavy (non-hydrogen) atoms. The van der Waals surface area contributed by atoms with Crippen molar-refractivity contribution in [1.82, 2.24) is 4.57 Å². The summed E-state index contributed by atoms with van der Waals surface area (Å²) >= 11 is 7.48. The molecule has 4 nitrogen and oxygen atoms in total. The van der Waals surface area contributed by atoms with Gasteiger partial charge in [-0.1, -0.05) is 48.0 Å². The van der Waals surface area contributed by atoms with E-state index in [1.165, 1.54) is 11.3 Å².